The van der Waals surface area contributed by atoms with Gasteiger partial charge in [-0.1, -0.05) is 38.7 Å². The SMILES string of the molecule is C=C1C=C[C@@]2(C)C(=C1)[C@@H](F)C[C@H]1[C@@H]3C[C@@H](C)[C@](O)(C(C)=O)[C@@]3(C)C[C@H](O)[C@@]12F. The van der Waals surface area contributed by atoms with Crippen LogP contribution in [-0.4, -0.2) is 39.5 Å². The first-order valence-electron chi connectivity index (χ1n) is 10.2. The number of ketones is 1. The molecule has 0 unspecified atom stereocenters. The smallest absolute Gasteiger partial charge is 0.162 e. The van der Waals surface area contributed by atoms with Crippen molar-refractivity contribution in [1.82, 2.24) is 0 Å². The summed E-state index contributed by atoms with van der Waals surface area (Å²) in [5.41, 5.74) is -5.03. The average Bonchev–Trinajstić information content (AvgIpc) is 2.81. The number of halogens is 2. The molecule has 3 fully saturated rings. The highest BCUT2D eigenvalue weighted by Gasteiger charge is 2.76. The Morgan fingerprint density at radius 3 is 2.54 bits per heavy atom. The van der Waals surface area contributed by atoms with Crippen molar-refractivity contribution >= 4 is 5.78 Å². The van der Waals surface area contributed by atoms with Crippen molar-refractivity contribution in [3.63, 3.8) is 0 Å². The van der Waals surface area contributed by atoms with Gasteiger partial charge in [0.15, 0.2) is 11.5 Å². The fourth-order valence-electron chi connectivity index (χ4n) is 7.36. The Bertz CT molecular complexity index is 819. The van der Waals surface area contributed by atoms with Gasteiger partial charge in [0.1, 0.15) is 11.8 Å². The predicted molar refractivity (Wildman–Crippen MR) is 103 cm³/mol. The first-order valence-corrected chi connectivity index (χ1v) is 10.2. The van der Waals surface area contributed by atoms with Crippen LogP contribution in [0, 0.1) is 28.6 Å². The summed E-state index contributed by atoms with van der Waals surface area (Å²) in [6.45, 7) is 10.4. The molecule has 0 aromatic carbocycles. The highest BCUT2D eigenvalue weighted by Crippen LogP contribution is 2.71. The fourth-order valence-corrected chi connectivity index (χ4v) is 7.36. The molecule has 0 aromatic rings. The molecule has 28 heavy (non-hydrogen) atoms. The minimum atomic E-state index is -2.06. The summed E-state index contributed by atoms with van der Waals surface area (Å²) in [4.78, 5) is 12.4. The molecule has 9 atom stereocenters. The Hall–Kier alpha value is -1.33. The monoisotopic (exact) mass is 392 g/mol. The van der Waals surface area contributed by atoms with Crippen LogP contribution in [0.15, 0.2) is 36.0 Å². The van der Waals surface area contributed by atoms with E-state index in [1.165, 1.54) is 6.92 Å². The van der Waals surface area contributed by atoms with E-state index in [0.717, 1.165) is 0 Å². The third-order valence-electron chi connectivity index (χ3n) is 8.84. The molecule has 0 saturated heterocycles. The lowest BCUT2D eigenvalue weighted by molar-refractivity contribution is -0.222. The number of Topliss-reactive ketones (excluding diaryl/α,β-unsaturated/α-hetero) is 1. The molecule has 154 valence electrons. The molecular weight excluding hydrogens is 362 g/mol. The van der Waals surface area contributed by atoms with E-state index in [4.69, 9.17) is 0 Å². The molecule has 3 saturated carbocycles. The summed E-state index contributed by atoms with van der Waals surface area (Å²) in [6.07, 6.45) is 2.52. The first kappa shape index (κ1) is 20.0. The second kappa shape index (κ2) is 5.63. The number of fused-ring (bicyclic) bond motifs is 5. The van der Waals surface area contributed by atoms with Gasteiger partial charge in [0, 0.05) is 16.7 Å². The summed E-state index contributed by atoms with van der Waals surface area (Å²) in [5, 5.41) is 22.5. The fraction of sp³-hybridized carbons (Fsp3) is 0.696. The molecule has 3 nitrogen and oxygen atoms in total. The lowest BCUT2D eigenvalue weighted by Gasteiger charge is -2.63. The summed E-state index contributed by atoms with van der Waals surface area (Å²) in [5.74, 6) is -1.92. The van der Waals surface area contributed by atoms with Gasteiger partial charge in [0.25, 0.3) is 0 Å². The Morgan fingerprint density at radius 2 is 1.93 bits per heavy atom. The normalized spacial score (nSPS) is 55.2. The number of alkyl halides is 2. The third-order valence-corrected chi connectivity index (χ3v) is 8.84. The molecule has 4 aliphatic carbocycles. The van der Waals surface area contributed by atoms with E-state index in [-0.39, 0.29) is 30.5 Å². The first-order chi connectivity index (χ1) is 12.8. The molecule has 4 aliphatic rings. The zero-order chi connectivity index (χ0) is 20.9. The number of hydrogen-bond acceptors (Lipinski definition) is 3. The van der Waals surface area contributed by atoms with Crippen LogP contribution in [0.1, 0.15) is 47.0 Å². The molecule has 0 amide bonds. The Labute approximate surface area is 165 Å². The van der Waals surface area contributed by atoms with Gasteiger partial charge >= 0.3 is 0 Å². The van der Waals surface area contributed by atoms with Crippen molar-refractivity contribution in [3.05, 3.63) is 36.0 Å². The van der Waals surface area contributed by atoms with Gasteiger partial charge in [0.05, 0.1) is 6.10 Å². The third kappa shape index (κ3) is 1.97. The van der Waals surface area contributed by atoms with Crippen molar-refractivity contribution < 1.29 is 23.8 Å². The minimum Gasteiger partial charge on any atom is -0.390 e. The van der Waals surface area contributed by atoms with Gasteiger partial charge < -0.3 is 10.2 Å². The van der Waals surface area contributed by atoms with Crippen LogP contribution in [0.3, 0.4) is 0 Å². The maximum atomic E-state index is 16.9. The van der Waals surface area contributed by atoms with Crippen LogP contribution in [0.2, 0.25) is 0 Å². The molecule has 0 radical (unpaired) electrons. The van der Waals surface area contributed by atoms with Gasteiger partial charge in [-0.3, -0.25) is 4.79 Å². The highest BCUT2D eigenvalue weighted by atomic mass is 19.1. The zero-order valence-electron chi connectivity index (χ0n) is 17.0. The lowest BCUT2D eigenvalue weighted by atomic mass is 9.44. The van der Waals surface area contributed by atoms with Gasteiger partial charge in [-0.05, 0) is 56.1 Å². The molecule has 5 heteroatoms. The molecule has 2 N–H and O–H groups in total. The van der Waals surface area contributed by atoms with Crippen molar-refractivity contribution in [3.8, 4) is 0 Å². The maximum absolute atomic E-state index is 16.9. The summed E-state index contributed by atoms with van der Waals surface area (Å²) in [6, 6.07) is 0. The van der Waals surface area contributed by atoms with Gasteiger partial charge in [-0.15, -0.1) is 0 Å². The van der Waals surface area contributed by atoms with E-state index in [1.807, 2.05) is 0 Å². The van der Waals surface area contributed by atoms with Gasteiger partial charge in [0.2, 0.25) is 0 Å². The largest absolute Gasteiger partial charge is 0.390 e. The Morgan fingerprint density at radius 1 is 1.29 bits per heavy atom. The summed E-state index contributed by atoms with van der Waals surface area (Å²) < 4.78 is 32.2. The zero-order valence-corrected chi connectivity index (χ0v) is 17.0. The molecule has 0 spiro atoms. The van der Waals surface area contributed by atoms with E-state index in [2.05, 4.69) is 6.58 Å². The van der Waals surface area contributed by atoms with Crippen molar-refractivity contribution in [1.29, 1.82) is 0 Å². The van der Waals surface area contributed by atoms with Crippen molar-refractivity contribution in [2.45, 2.75) is 70.5 Å². The van der Waals surface area contributed by atoms with Crippen molar-refractivity contribution in [2.75, 3.05) is 0 Å². The molecule has 0 heterocycles. The number of rotatable bonds is 1. The Kier molecular flexibility index (Phi) is 4.02. The molecule has 4 rings (SSSR count). The highest BCUT2D eigenvalue weighted by molar-refractivity contribution is 5.86. The molecule has 0 aromatic heterocycles. The predicted octanol–water partition coefficient (Wildman–Crippen LogP) is 3.86. The van der Waals surface area contributed by atoms with Crippen LogP contribution < -0.4 is 0 Å². The van der Waals surface area contributed by atoms with E-state index in [1.54, 1.807) is 39.0 Å². The number of carbonyl (C=O) groups excluding carboxylic acids is 1. The van der Waals surface area contributed by atoms with E-state index >= 15 is 8.78 Å². The van der Waals surface area contributed by atoms with E-state index in [0.29, 0.717) is 17.6 Å². The summed E-state index contributed by atoms with van der Waals surface area (Å²) >= 11 is 0. The standard InChI is InChI=1S/C23H30F2O3/c1-12-6-7-20(4)17(8-12)18(24)10-16-15-9-13(2)23(28,14(3)26)21(15,5)11-19(27)22(16,20)25/h6-8,13,15-16,18-19,27-28H,1,9-11H2,2-5H3/t13-,15+,16+,18+,19+,20+,21+,22+,23+/m1/s1. The van der Waals surface area contributed by atoms with Crippen LogP contribution in [0.4, 0.5) is 8.78 Å². The quantitative estimate of drug-likeness (QED) is 0.713. The maximum Gasteiger partial charge on any atom is 0.162 e. The second-order valence-electron chi connectivity index (χ2n) is 9.99. The van der Waals surface area contributed by atoms with Crippen LogP contribution >= 0.6 is 0 Å². The van der Waals surface area contributed by atoms with Crippen LogP contribution in [0.5, 0.6) is 0 Å². The number of aliphatic hydroxyl groups excluding tert-OH is 1. The molecular formula is C23H30F2O3. The van der Waals surface area contributed by atoms with E-state index in [9.17, 15) is 15.0 Å². The van der Waals surface area contributed by atoms with E-state index < -0.39 is 40.3 Å². The minimum absolute atomic E-state index is 0.0281. The Balaban J connectivity index is 1.88. The number of hydrogen-bond donors (Lipinski definition) is 2. The van der Waals surface area contributed by atoms with Crippen molar-refractivity contribution in [2.24, 2.45) is 28.6 Å². The topological polar surface area (TPSA) is 57.5 Å². The van der Waals surface area contributed by atoms with Crippen LogP contribution in [0.25, 0.3) is 0 Å². The molecule has 0 bridgehead atoms. The second-order valence-corrected chi connectivity index (χ2v) is 9.99. The average molecular weight is 392 g/mol. The van der Waals surface area contributed by atoms with Gasteiger partial charge in [-0.2, -0.15) is 0 Å². The summed E-state index contributed by atoms with van der Waals surface area (Å²) in [7, 11) is 0. The number of aliphatic hydroxyl groups is 2. The van der Waals surface area contributed by atoms with Crippen LogP contribution in [-0.2, 0) is 4.79 Å². The molecule has 0 aliphatic heterocycles. The van der Waals surface area contributed by atoms with Gasteiger partial charge in [-0.25, -0.2) is 8.78 Å². The number of allylic oxidation sites excluding steroid dienone is 5. The number of carbonyl (C=O) groups is 1. The lowest BCUT2D eigenvalue weighted by Crippen LogP contribution is -2.70.